The fraction of sp³-hybridized carbons (Fsp3) is 1.00. The number of ether oxygens (including phenoxy) is 3. The molecule has 0 aliphatic carbocycles. The zero-order valence-electron chi connectivity index (χ0n) is 9.06. The van der Waals surface area contributed by atoms with Crippen molar-refractivity contribution in [3.8, 4) is 0 Å². The molecule has 4 heteroatoms. The summed E-state index contributed by atoms with van der Waals surface area (Å²) in [6.07, 6.45) is 2.43. The average molecular weight is 216 g/mol. The van der Waals surface area contributed by atoms with Gasteiger partial charge in [-0.15, -0.1) is 0 Å². The van der Waals surface area contributed by atoms with Crippen LogP contribution in [0.4, 0.5) is 0 Å². The highest BCUT2D eigenvalue weighted by Crippen LogP contribution is 2.22. The maximum Gasteiger partial charge on any atom is 0.107 e. The van der Waals surface area contributed by atoms with Gasteiger partial charge in [0.2, 0.25) is 0 Å². The second kappa shape index (κ2) is 5.80. The first-order valence-corrected chi connectivity index (χ1v) is 5.81. The zero-order valence-corrected chi connectivity index (χ0v) is 9.06. The molecule has 0 amide bonds. The summed E-state index contributed by atoms with van der Waals surface area (Å²) in [6, 6.07) is 0. The standard InChI is InChI=1S/C11H20O4/c12-10(11-8-14-5-6-15-11)7-9-1-3-13-4-2-9/h9-12H,1-8H2. The first-order valence-electron chi connectivity index (χ1n) is 5.81. The van der Waals surface area contributed by atoms with E-state index in [-0.39, 0.29) is 12.2 Å². The highest BCUT2D eigenvalue weighted by molar-refractivity contribution is 4.76. The Morgan fingerprint density at radius 2 is 1.87 bits per heavy atom. The molecule has 0 aromatic heterocycles. The molecule has 2 heterocycles. The van der Waals surface area contributed by atoms with Gasteiger partial charge in [0.25, 0.3) is 0 Å². The van der Waals surface area contributed by atoms with Crippen molar-refractivity contribution in [2.75, 3.05) is 33.0 Å². The Hall–Kier alpha value is -0.160. The third-order valence-electron chi connectivity index (χ3n) is 3.19. The molecule has 2 fully saturated rings. The maximum absolute atomic E-state index is 9.98. The minimum Gasteiger partial charge on any atom is -0.390 e. The van der Waals surface area contributed by atoms with Gasteiger partial charge < -0.3 is 19.3 Å². The summed E-state index contributed by atoms with van der Waals surface area (Å²) in [7, 11) is 0. The molecule has 2 saturated heterocycles. The van der Waals surface area contributed by atoms with E-state index in [9.17, 15) is 5.11 Å². The third-order valence-corrected chi connectivity index (χ3v) is 3.19. The molecule has 1 N–H and O–H groups in total. The van der Waals surface area contributed by atoms with E-state index in [1.807, 2.05) is 0 Å². The molecule has 0 spiro atoms. The first-order chi connectivity index (χ1) is 7.36. The lowest BCUT2D eigenvalue weighted by atomic mass is 9.92. The van der Waals surface area contributed by atoms with Crippen LogP contribution in [-0.4, -0.2) is 50.3 Å². The van der Waals surface area contributed by atoms with E-state index in [4.69, 9.17) is 14.2 Å². The fourth-order valence-electron chi connectivity index (χ4n) is 2.20. The molecule has 2 aliphatic rings. The van der Waals surface area contributed by atoms with Crippen LogP contribution in [0.25, 0.3) is 0 Å². The monoisotopic (exact) mass is 216 g/mol. The molecule has 2 aliphatic heterocycles. The quantitative estimate of drug-likeness (QED) is 0.749. The zero-order chi connectivity index (χ0) is 10.5. The summed E-state index contributed by atoms with van der Waals surface area (Å²) >= 11 is 0. The molecule has 4 nitrogen and oxygen atoms in total. The van der Waals surface area contributed by atoms with Crippen molar-refractivity contribution >= 4 is 0 Å². The van der Waals surface area contributed by atoms with Crippen LogP contribution in [0.3, 0.4) is 0 Å². The first kappa shape index (κ1) is 11.3. The van der Waals surface area contributed by atoms with Crippen molar-refractivity contribution in [1.82, 2.24) is 0 Å². The minimum atomic E-state index is -0.381. The highest BCUT2D eigenvalue weighted by Gasteiger charge is 2.26. The SMILES string of the molecule is OC(CC1CCOCC1)C1COCCO1. The average Bonchev–Trinajstić information content (AvgIpc) is 2.31. The summed E-state index contributed by atoms with van der Waals surface area (Å²) < 4.78 is 16.0. The highest BCUT2D eigenvalue weighted by atomic mass is 16.6. The molecule has 15 heavy (non-hydrogen) atoms. The Labute approximate surface area is 90.5 Å². The Morgan fingerprint density at radius 1 is 1.07 bits per heavy atom. The molecule has 0 bridgehead atoms. The van der Waals surface area contributed by atoms with Crippen molar-refractivity contribution in [2.24, 2.45) is 5.92 Å². The van der Waals surface area contributed by atoms with Crippen LogP contribution in [-0.2, 0) is 14.2 Å². The number of hydrogen-bond acceptors (Lipinski definition) is 4. The Bertz CT molecular complexity index is 173. The Kier molecular flexibility index (Phi) is 4.38. The van der Waals surface area contributed by atoms with E-state index in [0.29, 0.717) is 25.7 Å². The van der Waals surface area contributed by atoms with E-state index >= 15 is 0 Å². The summed E-state index contributed by atoms with van der Waals surface area (Å²) in [6.45, 7) is 3.46. The van der Waals surface area contributed by atoms with Gasteiger partial charge in [0.1, 0.15) is 6.10 Å². The van der Waals surface area contributed by atoms with Crippen molar-refractivity contribution < 1.29 is 19.3 Å². The predicted octanol–water partition coefficient (Wildman–Crippen LogP) is 0.579. The largest absolute Gasteiger partial charge is 0.390 e. The van der Waals surface area contributed by atoms with E-state index in [1.165, 1.54) is 0 Å². The van der Waals surface area contributed by atoms with Crippen molar-refractivity contribution in [2.45, 2.75) is 31.5 Å². The van der Waals surface area contributed by atoms with Crippen molar-refractivity contribution in [1.29, 1.82) is 0 Å². The molecule has 88 valence electrons. The summed E-state index contributed by atoms with van der Waals surface area (Å²) in [5.74, 6) is 0.583. The molecule has 0 aromatic carbocycles. The lowest BCUT2D eigenvalue weighted by molar-refractivity contribution is -0.137. The van der Waals surface area contributed by atoms with Gasteiger partial charge in [-0.05, 0) is 25.2 Å². The fourth-order valence-corrected chi connectivity index (χ4v) is 2.20. The van der Waals surface area contributed by atoms with Crippen molar-refractivity contribution in [3.63, 3.8) is 0 Å². The third kappa shape index (κ3) is 3.41. The van der Waals surface area contributed by atoms with Crippen LogP contribution in [0.2, 0.25) is 0 Å². The van der Waals surface area contributed by atoms with Gasteiger partial charge in [-0.1, -0.05) is 0 Å². The number of hydrogen-bond donors (Lipinski definition) is 1. The molecule has 2 unspecified atom stereocenters. The van der Waals surface area contributed by atoms with E-state index < -0.39 is 0 Å². The van der Waals surface area contributed by atoms with E-state index in [0.717, 1.165) is 32.5 Å². The van der Waals surface area contributed by atoms with Gasteiger partial charge >= 0.3 is 0 Å². The van der Waals surface area contributed by atoms with Gasteiger partial charge in [-0.2, -0.15) is 0 Å². The van der Waals surface area contributed by atoms with Gasteiger partial charge in [-0.3, -0.25) is 0 Å². The van der Waals surface area contributed by atoms with Gasteiger partial charge in [-0.25, -0.2) is 0 Å². The lowest BCUT2D eigenvalue weighted by Crippen LogP contribution is -2.39. The van der Waals surface area contributed by atoms with Gasteiger partial charge in [0.05, 0.1) is 25.9 Å². The number of rotatable bonds is 3. The molecule has 0 aromatic rings. The summed E-state index contributed by atoms with van der Waals surface area (Å²) in [5, 5.41) is 9.98. The van der Waals surface area contributed by atoms with Crippen LogP contribution >= 0.6 is 0 Å². The summed E-state index contributed by atoms with van der Waals surface area (Å²) in [5.41, 5.74) is 0. The normalized spacial score (nSPS) is 31.4. The maximum atomic E-state index is 9.98. The summed E-state index contributed by atoms with van der Waals surface area (Å²) in [4.78, 5) is 0. The lowest BCUT2D eigenvalue weighted by Gasteiger charge is -2.30. The van der Waals surface area contributed by atoms with Gasteiger partial charge in [0.15, 0.2) is 0 Å². The van der Waals surface area contributed by atoms with Crippen LogP contribution in [0.1, 0.15) is 19.3 Å². The predicted molar refractivity (Wildman–Crippen MR) is 54.7 cm³/mol. The second-order valence-electron chi connectivity index (χ2n) is 4.34. The van der Waals surface area contributed by atoms with E-state index in [1.54, 1.807) is 0 Å². The number of aliphatic hydroxyl groups excluding tert-OH is 1. The van der Waals surface area contributed by atoms with E-state index in [2.05, 4.69) is 0 Å². The topological polar surface area (TPSA) is 47.9 Å². The van der Waals surface area contributed by atoms with Crippen LogP contribution in [0, 0.1) is 5.92 Å². The van der Waals surface area contributed by atoms with Crippen molar-refractivity contribution in [3.05, 3.63) is 0 Å². The number of aliphatic hydroxyl groups is 1. The molecule has 0 radical (unpaired) electrons. The molecule has 2 rings (SSSR count). The molecule has 2 atom stereocenters. The second-order valence-corrected chi connectivity index (χ2v) is 4.34. The van der Waals surface area contributed by atoms with Gasteiger partial charge in [0, 0.05) is 13.2 Å². The minimum absolute atomic E-state index is 0.124. The smallest absolute Gasteiger partial charge is 0.107 e. The molecular weight excluding hydrogens is 196 g/mol. The van der Waals surface area contributed by atoms with Crippen LogP contribution in [0.5, 0.6) is 0 Å². The molecular formula is C11H20O4. The Balaban J connectivity index is 1.72. The molecule has 0 saturated carbocycles. The Morgan fingerprint density at radius 3 is 2.53 bits per heavy atom. The van der Waals surface area contributed by atoms with Crippen LogP contribution in [0.15, 0.2) is 0 Å². The van der Waals surface area contributed by atoms with Crippen LogP contribution < -0.4 is 0 Å².